The molecule has 0 radical (unpaired) electrons. The van der Waals surface area contributed by atoms with Crippen molar-refractivity contribution in [2.45, 2.75) is 58.2 Å². The van der Waals surface area contributed by atoms with E-state index in [9.17, 15) is 22.8 Å². The second kappa shape index (κ2) is 11.0. The first-order chi connectivity index (χ1) is 20.3. The monoisotopic (exact) mass is 625 g/mol. The van der Waals surface area contributed by atoms with Crippen LogP contribution in [0.4, 0.5) is 5.69 Å². The summed E-state index contributed by atoms with van der Waals surface area (Å²) in [5.41, 5.74) is 3.03. The fourth-order valence-electron chi connectivity index (χ4n) is 6.78. The molecule has 1 unspecified atom stereocenters. The van der Waals surface area contributed by atoms with Gasteiger partial charge in [0.1, 0.15) is 5.25 Å². The zero-order chi connectivity index (χ0) is 30.7. The van der Waals surface area contributed by atoms with Gasteiger partial charge in [-0.1, -0.05) is 38.4 Å². The first-order valence-electron chi connectivity index (χ1n) is 14.7. The van der Waals surface area contributed by atoms with Gasteiger partial charge in [0.2, 0.25) is 15.9 Å². The molecule has 3 aromatic rings. The Morgan fingerprint density at radius 3 is 2.60 bits per heavy atom. The molecule has 0 saturated carbocycles. The average molecular weight is 626 g/mol. The standard InChI is InChI=1S/C31H36ClN5O5S/c1-31(2,3)16-37-15-23-19(11-24(32)27-22(23)14-34-35-27)10-20(30(37)40)13-26(38)18-4-5-21-25(12-18)36-43(41,42)29(28(21)39)17-6-8-33-9-7-17/h4-5,11-12,14,17,20,29,33,36H,6-10,13,15-16H2,1-3H3,(H,34,35)/t20-,29?/m0/s1. The Balaban J connectivity index is 1.29. The molecule has 2 atom stereocenters. The number of nitrogens with zero attached hydrogens (tertiary/aromatic N) is 2. The van der Waals surface area contributed by atoms with Gasteiger partial charge in [-0.25, -0.2) is 8.42 Å². The predicted molar refractivity (Wildman–Crippen MR) is 165 cm³/mol. The van der Waals surface area contributed by atoms with Gasteiger partial charge in [0, 0.05) is 41.9 Å². The number of rotatable bonds is 5. The summed E-state index contributed by atoms with van der Waals surface area (Å²) >= 11 is 6.56. The van der Waals surface area contributed by atoms with Crippen LogP contribution in [0.2, 0.25) is 5.02 Å². The molecule has 3 aliphatic rings. The van der Waals surface area contributed by atoms with Crippen molar-refractivity contribution in [3.8, 4) is 0 Å². The summed E-state index contributed by atoms with van der Waals surface area (Å²) in [7, 11) is -3.96. The summed E-state index contributed by atoms with van der Waals surface area (Å²) in [5, 5.41) is 10.5. The minimum atomic E-state index is -3.96. The molecule has 43 heavy (non-hydrogen) atoms. The van der Waals surface area contributed by atoms with E-state index in [4.69, 9.17) is 11.6 Å². The normalized spacial score (nSPS) is 22.6. The molecule has 1 aromatic heterocycles. The number of Topliss-reactive ketones (excluding diaryl/α,β-unsaturated/α-hetero) is 2. The number of fused-ring (bicyclic) bond motifs is 4. The van der Waals surface area contributed by atoms with Gasteiger partial charge in [-0.15, -0.1) is 0 Å². The third kappa shape index (κ3) is 5.70. The Morgan fingerprint density at radius 2 is 1.88 bits per heavy atom. The Hall–Kier alpha value is -3.28. The number of nitrogens with one attached hydrogen (secondary N) is 3. The highest BCUT2D eigenvalue weighted by molar-refractivity contribution is 7.94. The third-order valence-electron chi connectivity index (χ3n) is 8.73. The maximum Gasteiger partial charge on any atom is 0.243 e. The number of ketones is 2. The van der Waals surface area contributed by atoms with Gasteiger partial charge in [-0.2, -0.15) is 5.10 Å². The number of hydrogen-bond donors (Lipinski definition) is 3. The first kappa shape index (κ1) is 29.8. The highest BCUT2D eigenvalue weighted by Gasteiger charge is 2.45. The van der Waals surface area contributed by atoms with Gasteiger partial charge in [-0.05, 0) is 73.0 Å². The van der Waals surface area contributed by atoms with E-state index in [0.717, 1.165) is 16.5 Å². The zero-order valence-corrected chi connectivity index (χ0v) is 26.1. The number of amides is 1. The van der Waals surface area contributed by atoms with Crippen LogP contribution in [0.15, 0.2) is 30.5 Å². The number of sulfonamides is 1. The number of halogens is 1. The topological polar surface area (TPSA) is 141 Å². The Labute approximate surface area is 256 Å². The number of benzene rings is 2. The van der Waals surface area contributed by atoms with Crippen LogP contribution in [0.3, 0.4) is 0 Å². The van der Waals surface area contributed by atoms with Crippen molar-refractivity contribution >= 4 is 55.7 Å². The molecule has 6 rings (SSSR count). The molecule has 0 spiro atoms. The van der Waals surface area contributed by atoms with E-state index in [1.807, 2.05) is 11.0 Å². The summed E-state index contributed by atoms with van der Waals surface area (Å²) < 4.78 is 29.0. The second-order valence-electron chi connectivity index (χ2n) is 13.2. The molecule has 0 aliphatic carbocycles. The Morgan fingerprint density at radius 1 is 1.14 bits per heavy atom. The number of anilines is 1. The van der Waals surface area contributed by atoms with E-state index in [-0.39, 0.29) is 46.3 Å². The van der Waals surface area contributed by atoms with E-state index < -0.39 is 27.0 Å². The van der Waals surface area contributed by atoms with Crippen molar-refractivity contribution in [2.24, 2.45) is 17.3 Å². The molecule has 10 nitrogen and oxygen atoms in total. The predicted octanol–water partition coefficient (Wildman–Crippen LogP) is 4.34. The third-order valence-corrected chi connectivity index (χ3v) is 10.8. The molecule has 1 fully saturated rings. The van der Waals surface area contributed by atoms with Crippen LogP contribution in [0.1, 0.15) is 71.9 Å². The van der Waals surface area contributed by atoms with Crippen molar-refractivity contribution in [1.29, 1.82) is 0 Å². The summed E-state index contributed by atoms with van der Waals surface area (Å²) in [6.45, 7) is 8.40. The number of H-pyrrole nitrogens is 1. The summed E-state index contributed by atoms with van der Waals surface area (Å²) in [4.78, 5) is 42.8. The summed E-state index contributed by atoms with van der Waals surface area (Å²) in [6.07, 6.45) is 3.18. The number of aromatic amines is 1. The zero-order valence-electron chi connectivity index (χ0n) is 24.5. The number of aromatic nitrogens is 2. The largest absolute Gasteiger partial charge is 0.338 e. The molecular formula is C31H36ClN5O5S. The van der Waals surface area contributed by atoms with Gasteiger partial charge in [-0.3, -0.25) is 24.2 Å². The van der Waals surface area contributed by atoms with Crippen molar-refractivity contribution in [2.75, 3.05) is 24.4 Å². The van der Waals surface area contributed by atoms with Crippen molar-refractivity contribution in [1.82, 2.24) is 20.4 Å². The highest BCUT2D eigenvalue weighted by Crippen LogP contribution is 2.37. The molecule has 228 valence electrons. The lowest BCUT2D eigenvalue weighted by Gasteiger charge is -2.33. The van der Waals surface area contributed by atoms with Gasteiger partial charge in [0.15, 0.2) is 11.6 Å². The molecular weight excluding hydrogens is 590 g/mol. The summed E-state index contributed by atoms with van der Waals surface area (Å²) in [6, 6.07) is 6.37. The second-order valence-corrected chi connectivity index (χ2v) is 15.4. The van der Waals surface area contributed by atoms with Gasteiger partial charge in [0.05, 0.1) is 22.4 Å². The Bertz CT molecular complexity index is 1740. The number of hydrogen-bond acceptors (Lipinski definition) is 7. The molecule has 2 aromatic carbocycles. The lowest BCUT2D eigenvalue weighted by molar-refractivity contribution is -0.137. The Kier molecular flexibility index (Phi) is 7.63. The number of piperidine rings is 1. The maximum absolute atomic E-state index is 13.9. The maximum atomic E-state index is 13.9. The minimum absolute atomic E-state index is 0.0723. The van der Waals surface area contributed by atoms with E-state index in [0.29, 0.717) is 56.0 Å². The smallest absolute Gasteiger partial charge is 0.243 e. The molecule has 0 bridgehead atoms. The molecule has 3 N–H and O–H groups in total. The van der Waals surface area contributed by atoms with E-state index in [2.05, 4.69) is 41.0 Å². The molecule has 1 amide bonds. The lowest BCUT2D eigenvalue weighted by Crippen LogP contribution is -2.47. The molecule has 3 aliphatic heterocycles. The minimum Gasteiger partial charge on any atom is -0.338 e. The van der Waals surface area contributed by atoms with Gasteiger partial charge < -0.3 is 10.2 Å². The van der Waals surface area contributed by atoms with E-state index in [1.165, 1.54) is 12.1 Å². The molecule has 12 heteroatoms. The van der Waals surface area contributed by atoms with Crippen LogP contribution in [0, 0.1) is 17.3 Å². The van der Waals surface area contributed by atoms with Crippen LogP contribution in [-0.2, 0) is 27.8 Å². The van der Waals surface area contributed by atoms with Crippen molar-refractivity contribution in [3.63, 3.8) is 0 Å². The first-order valence-corrected chi connectivity index (χ1v) is 16.6. The van der Waals surface area contributed by atoms with Crippen LogP contribution >= 0.6 is 11.6 Å². The van der Waals surface area contributed by atoms with E-state index in [1.54, 1.807) is 12.3 Å². The lowest BCUT2D eigenvalue weighted by atomic mass is 9.88. The molecule has 4 heterocycles. The van der Waals surface area contributed by atoms with Crippen LogP contribution in [-0.4, -0.2) is 65.9 Å². The van der Waals surface area contributed by atoms with Gasteiger partial charge >= 0.3 is 0 Å². The number of carbonyl (C=O) groups is 3. The fourth-order valence-corrected chi connectivity index (χ4v) is 8.85. The van der Waals surface area contributed by atoms with Crippen LogP contribution < -0.4 is 10.0 Å². The van der Waals surface area contributed by atoms with Crippen molar-refractivity contribution < 1.29 is 22.8 Å². The average Bonchev–Trinajstić information content (AvgIpc) is 3.39. The fraction of sp³-hybridized carbons (Fsp3) is 0.484. The van der Waals surface area contributed by atoms with Crippen LogP contribution in [0.25, 0.3) is 10.9 Å². The quantitative estimate of drug-likeness (QED) is 0.358. The summed E-state index contributed by atoms with van der Waals surface area (Å²) in [5.74, 6) is -1.77. The van der Waals surface area contributed by atoms with E-state index >= 15 is 0 Å². The van der Waals surface area contributed by atoms with Crippen molar-refractivity contribution in [3.05, 3.63) is 57.7 Å². The highest BCUT2D eigenvalue weighted by atomic mass is 35.5. The van der Waals surface area contributed by atoms with Crippen LogP contribution in [0.5, 0.6) is 0 Å². The van der Waals surface area contributed by atoms with Gasteiger partial charge in [0.25, 0.3) is 0 Å². The molecule has 1 saturated heterocycles. The SMILES string of the molecule is CC(C)(C)CN1Cc2c(cc(Cl)c3[nH]ncc23)C[C@@H](CC(=O)c2ccc3c(c2)NS(=O)(=O)C(C2CCNCC2)C3=O)C1=O. The number of carbonyl (C=O) groups excluding carboxylic acids is 3.